The first-order valence-electron chi connectivity index (χ1n) is 7.09. The minimum absolute atomic E-state index is 0.175. The highest BCUT2D eigenvalue weighted by Gasteiger charge is 2.09. The summed E-state index contributed by atoms with van der Waals surface area (Å²) in [5.41, 5.74) is 7.01. The van der Waals surface area contributed by atoms with Gasteiger partial charge in [-0.05, 0) is 42.8 Å². The van der Waals surface area contributed by atoms with E-state index >= 15 is 0 Å². The summed E-state index contributed by atoms with van der Waals surface area (Å²) in [4.78, 5) is 0. The first-order chi connectivity index (χ1) is 9.83. The SMILES string of the molecule is CCCNC(CN)c1cccc(Oc2ccccc2)c1. The lowest BCUT2D eigenvalue weighted by atomic mass is 10.1. The maximum absolute atomic E-state index is 5.85. The smallest absolute Gasteiger partial charge is 0.127 e. The molecule has 0 aliphatic carbocycles. The molecule has 20 heavy (non-hydrogen) atoms. The molecule has 0 fully saturated rings. The van der Waals surface area contributed by atoms with Crippen LogP contribution >= 0.6 is 0 Å². The quantitative estimate of drug-likeness (QED) is 0.809. The van der Waals surface area contributed by atoms with Crippen LogP contribution in [0.2, 0.25) is 0 Å². The molecule has 0 saturated carbocycles. The van der Waals surface area contributed by atoms with Gasteiger partial charge in [-0.15, -0.1) is 0 Å². The van der Waals surface area contributed by atoms with Crippen molar-refractivity contribution in [3.05, 3.63) is 60.2 Å². The van der Waals surface area contributed by atoms with Crippen molar-refractivity contribution in [1.82, 2.24) is 5.32 Å². The van der Waals surface area contributed by atoms with Crippen molar-refractivity contribution in [3.8, 4) is 11.5 Å². The Bertz CT molecular complexity index is 513. The molecule has 0 amide bonds. The molecule has 2 aromatic carbocycles. The molecule has 2 rings (SSSR count). The van der Waals surface area contributed by atoms with Gasteiger partial charge >= 0.3 is 0 Å². The molecule has 1 unspecified atom stereocenters. The summed E-state index contributed by atoms with van der Waals surface area (Å²) in [6.45, 7) is 3.69. The number of benzene rings is 2. The molecule has 106 valence electrons. The van der Waals surface area contributed by atoms with Crippen LogP contribution in [0.5, 0.6) is 11.5 Å². The Balaban J connectivity index is 2.10. The molecule has 0 aromatic heterocycles. The summed E-state index contributed by atoms with van der Waals surface area (Å²) < 4.78 is 5.85. The van der Waals surface area contributed by atoms with E-state index in [2.05, 4.69) is 18.3 Å². The number of para-hydroxylation sites is 1. The Kier molecular flexibility index (Phi) is 5.59. The zero-order chi connectivity index (χ0) is 14.2. The molecule has 0 heterocycles. The standard InChI is InChI=1S/C17H22N2O/c1-2-11-19-17(13-18)14-7-6-10-16(12-14)20-15-8-4-3-5-9-15/h3-10,12,17,19H,2,11,13,18H2,1H3. The first-order valence-corrected chi connectivity index (χ1v) is 7.09. The van der Waals surface area contributed by atoms with Crippen LogP contribution in [0.1, 0.15) is 24.9 Å². The summed E-state index contributed by atoms with van der Waals surface area (Å²) in [6.07, 6.45) is 1.09. The Labute approximate surface area is 120 Å². The molecule has 3 heteroatoms. The van der Waals surface area contributed by atoms with E-state index in [0.717, 1.165) is 30.0 Å². The third-order valence-electron chi connectivity index (χ3n) is 3.12. The average molecular weight is 270 g/mol. The third kappa shape index (κ3) is 4.08. The van der Waals surface area contributed by atoms with Crippen molar-refractivity contribution in [2.45, 2.75) is 19.4 Å². The lowest BCUT2D eigenvalue weighted by Crippen LogP contribution is -2.28. The second-order valence-corrected chi connectivity index (χ2v) is 4.73. The van der Waals surface area contributed by atoms with Crippen molar-refractivity contribution in [1.29, 1.82) is 0 Å². The number of nitrogens with one attached hydrogen (secondary N) is 1. The van der Waals surface area contributed by atoms with E-state index in [-0.39, 0.29) is 6.04 Å². The summed E-state index contributed by atoms with van der Waals surface area (Å²) in [7, 11) is 0. The molecule has 0 radical (unpaired) electrons. The van der Waals surface area contributed by atoms with E-state index < -0.39 is 0 Å². The predicted molar refractivity (Wildman–Crippen MR) is 83.0 cm³/mol. The van der Waals surface area contributed by atoms with E-state index in [9.17, 15) is 0 Å². The van der Waals surface area contributed by atoms with Gasteiger partial charge < -0.3 is 15.8 Å². The average Bonchev–Trinajstić information content (AvgIpc) is 2.49. The zero-order valence-corrected chi connectivity index (χ0v) is 11.9. The Morgan fingerprint density at radius 1 is 1.05 bits per heavy atom. The van der Waals surface area contributed by atoms with Crippen molar-refractivity contribution >= 4 is 0 Å². The largest absolute Gasteiger partial charge is 0.457 e. The number of hydrogen-bond donors (Lipinski definition) is 2. The van der Waals surface area contributed by atoms with Gasteiger partial charge in [0.2, 0.25) is 0 Å². The van der Waals surface area contributed by atoms with Gasteiger partial charge in [0, 0.05) is 12.6 Å². The van der Waals surface area contributed by atoms with Crippen LogP contribution in [0.25, 0.3) is 0 Å². The minimum Gasteiger partial charge on any atom is -0.457 e. The third-order valence-corrected chi connectivity index (χ3v) is 3.12. The van der Waals surface area contributed by atoms with Gasteiger partial charge in [0.25, 0.3) is 0 Å². The molecule has 0 aliphatic rings. The second kappa shape index (κ2) is 7.68. The number of nitrogens with two attached hydrogens (primary N) is 1. The van der Waals surface area contributed by atoms with Crippen LogP contribution in [-0.2, 0) is 0 Å². The summed E-state index contributed by atoms with van der Waals surface area (Å²) in [6, 6.07) is 18.1. The lowest BCUT2D eigenvalue weighted by Gasteiger charge is -2.17. The molecule has 0 spiro atoms. The van der Waals surface area contributed by atoms with Gasteiger partial charge in [0.05, 0.1) is 0 Å². The van der Waals surface area contributed by atoms with E-state index in [1.165, 1.54) is 0 Å². The van der Waals surface area contributed by atoms with Gasteiger partial charge in [0.15, 0.2) is 0 Å². The highest BCUT2D eigenvalue weighted by atomic mass is 16.5. The predicted octanol–water partition coefficient (Wildman–Crippen LogP) is 3.48. The van der Waals surface area contributed by atoms with Crippen LogP contribution < -0.4 is 15.8 Å². The maximum Gasteiger partial charge on any atom is 0.127 e. The van der Waals surface area contributed by atoms with Gasteiger partial charge in [0.1, 0.15) is 11.5 Å². The summed E-state index contributed by atoms with van der Waals surface area (Å²) in [5, 5.41) is 3.45. The highest BCUT2D eigenvalue weighted by molar-refractivity contribution is 5.35. The molecule has 3 nitrogen and oxygen atoms in total. The topological polar surface area (TPSA) is 47.3 Å². The molecule has 3 N–H and O–H groups in total. The molecule has 0 bridgehead atoms. The van der Waals surface area contributed by atoms with Gasteiger partial charge in [-0.1, -0.05) is 37.3 Å². The van der Waals surface area contributed by atoms with Crippen molar-refractivity contribution < 1.29 is 4.74 Å². The van der Waals surface area contributed by atoms with E-state index in [0.29, 0.717) is 6.54 Å². The molecule has 0 saturated heterocycles. The highest BCUT2D eigenvalue weighted by Crippen LogP contribution is 2.24. The van der Waals surface area contributed by atoms with Gasteiger partial charge in [-0.3, -0.25) is 0 Å². The van der Waals surface area contributed by atoms with Crippen molar-refractivity contribution in [3.63, 3.8) is 0 Å². The van der Waals surface area contributed by atoms with E-state index in [1.807, 2.05) is 48.5 Å². The fraction of sp³-hybridized carbons (Fsp3) is 0.294. The van der Waals surface area contributed by atoms with E-state index in [4.69, 9.17) is 10.5 Å². The fourth-order valence-electron chi connectivity index (χ4n) is 2.08. The normalized spacial score (nSPS) is 12.1. The van der Waals surface area contributed by atoms with Crippen LogP contribution in [0.3, 0.4) is 0 Å². The van der Waals surface area contributed by atoms with Crippen LogP contribution in [-0.4, -0.2) is 13.1 Å². The molecule has 1 atom stereocenters. The molecular weight excluding hydrogens is 248 g/mol. The fourth-order valence-corrected chi connectivity index (χ4v) is 2.08. The summed E-state index contributed by atoms with van der Waals surface area (Å²) in [5.74, 6) is 1.68. The van der Waals surface area contributed by atoms with Crippen molar-refractivity contribution in [2.75, 3.05) is 13.1 Å². The van der Waals surface area contributed by atoms with Gasteiger partial charge in [-0.2, -0.15) is 0 Å². The maximum atomic E-state index is 5.85. The second-order valence-electron chi connectivity index (χ2n) is 4.73. The van der Waals surface area contributed by atoms with Crippen LogP contribution in [0.15, 0.2) is 54.6 Å². The molecular formula is C17H22N2O. The Morgan fingerprint density at radius 2 is 1.80 bits per heavy atom. The first kappa shape index (κ1) is 14.6. The monoisotopic (exact) mass is 270 g/mol. The number of hydrogen-bond acceptors (Lipinski definition) is 3. The number of ether oxygens (including phenoxy) is 1. The van der Waals surface area contributed by atoms with Gasteiger partial charge in [-0.25, -0.2) is 0 Å². The Morgan fingerprint density at radius 3 is 2.50 bits per heavy atom. The lowest BCUT2D eigenvalue weighted by molar-refractivity contribution is 0.478. The van der Waals surface area contributed by atoms with Crippen molar-refractivity contribution in [2.24, 2.45) is 5.73 Å². The summed E-state index contributed by atoms with van der Waals surface area (Å²) >= 11 is 0. The minimum atomic E-state index is 0.175. The van der Waals surface area contributed by atoms with Crippen LogP contribution in [0, 0.1) is 0 Å². The zero-order valence-electron chi connectivity index (χ0n) is 11.9. The molecule has 0 aliphatic heterocycles. The Hall–Kier alpha value is -1.84. The molecule has 2 aromatic rings. The van der Waals surface area contributed by atoms with E-state index in [1.54, 1.807) is 0 Å². The number of rotatable bonds is 7. The van der Waals surface area contributed by atoms with Crippen LogP contribution in [0.4, 0.5) is 0 Å².